The van der Waals surface area contributed by atoms with Crippen molar-refractivity contribution >= 4 is 14.3 Å². The molecule has 0 aliphatic heterocycles. The van der Waals surface area contributed by atoms with Gasteiger partial charge in [0.1, 0.15) is 6.61 Å². The summed E-state index contributed by atoms with van der Waals surface area (Å²) in [5, 5.41) is 0. The molecule has 0 saturated heterocycles. The Labute approximate surface area is 280 Å². The molecule has 0 N–H and O–H groups in total. The number of esters is 1. The van der Waals surface area contributed by atoms with Crippen LogP contribution in [-0.2, 0) is 56.6 Å². The van der Waals surface area contributed by atoms with Crippen molar-refractivity contribution in [2.24, 2.45) is 0 Å². The third-order valence-electron chi connectivity index (χ3n) is 6.21. The molecule has 0 fully saturated rings. The normalized spacial score (nSPS) is 11.8. The third kappa shape index (κ3) is 41.3. The Kier molecular flexibility index (Phi) is 36.5. The Hall–Kier alpha value is -0.713. The van der Waals surface area contributed by atoms with Gasteiger partial charge in [0.05, 0.1) is 126 Å². The summed E-state index contributed by atoms with van der Waals surface area (Å²) in [5.41, 5.74) is 0. The SMILES string of the molecule is CCCCCCCCCC(=O)OCCOCCOCCOCCOCCOCCOCCOCCOCCOCCO[Si](C)(C)C. The van der Waals surface area contributed by atoms with Crippen LogP contribution in [0.25, 0.3) is 0 Å². The molecular weight excluding hydrogens is 616 g/mol. The van der Waals surface area contributed by atoms with Crippen LogP contribution in [0.5, 0.6) is 0 Å². The number of carbonyl (C=O) groups excluding carboxylic acids is 1. The summed E-state index contributed by atoms with van der Waals surface area (Å²) in [6.07, 6.45) is 8.81. The summed E-state index contributed by atoms with van der Waals surface area (Å²) in [5.74, 6) is -0.139. The maximum atomic E-state index is 11.7. The number of unbranched alkanes of at least 4 members (excludes halogenated alkanes) is 6. The minimum absolute atomic E-state index is 0.139. The molecule has 0 aromatic rings. The van der Waals surface area contributed by atoms with E-state index >= 15 is 0 Å². The molecule has 0 bridgehead atoms. The largest absolute Gasteiger partial charge is 0.463 e. The van der Waals surface area contributed by atoms with E-state index in [-0.39, 0.29) is 12.6 Å². The van der Waals surface area contributed by atoms with Crippen LogP contribution in [0.1, 0.15) is 58.3 Å². The molecule has 0 atom stereocenters. The topological polar surface area (TPSA) is 119 Å². The maximum absolute atomic E-state index is 11.7. The lowest BCUT2D eigenvalue weighted by Gasteiger charge is -2.16. The second-order valence-electron chi connectivity index (χ2n) is 11.6. The lowest BCUT2D eigenvalue weighted by molar-refractivity contribution is -0.145. The van der Waals surface area contributed by atoms with Crippen molar-refractivity contribution in [3.63, 3.8) is 0 Å². The monoisotopic (exact) mass is 684 g/mol. The van der Waals surface area contributed by atoms with E-state index in [1.165, 1.54) is 32.1 Å². The summed E-state index contributed by atoms with van der Waals surface area (Å²) in [4.78, 5) is 11.7. The number of hydrogen-bond donors (Lipinski definition) is 0. The molecular formula is C33H68O12Si. The molecule has 0 aromatic carbocycles. The zero-order valence-electron chi connectivity index (χ0n) is 29.7. The Morgan fingerprint density at radius 3 is 1.00 bits per heavy atom. The van der Waals surface area contributed by atoms with Gasteiger partial charge in [0.25, 0.3) is 0 Å². The molecule has 0 amide bonds. The fraction of sp³-hybridized carbons (Fsp3) is 0.970. The van der Waals surface area contributed by atoms with Crippen LogP contribution in [0.3, 0.4) is 0 Å². The Balaban J connectivity index is 3.11. The highest BCUT2D eigenvalue weighted by Crippen LogP contribution is 2.08. The predicted molar refractivity (Wildman–Crippen MR) is 180 cm³/mol. The molecule has 0 heterocycles. The molecule has 0 aliphatic rings. The number of carbonyl (C=O) groups is 1. The number of ether oxygens (including phenoxy) is 10. The van der Waals surface area contributed by atoms with E-state index in [0.29, 0.717) is 132 Å². The molecule has 0 rings (SSSR count). The van der Waals surface area contributed by atoms with Crippen LogP contribution in [0.2, 0.25) is 19.6 Å². The first-order valence-corrected chi connectivity index (χ1v) is 20.9. The van der Waals surface area contributed by atoms with E-state index in [9.17, 15) is 4.79 Å². The quantitative estimate of drug-likeness (QED) is 0.0509. The van der Waals surface area contributed by atoms with Crippen molar-refractivity contribution in [2.75, 3.05) is 132 Å². The van der Waals surface area contributed by atoms with Gasteiger partial charge < -0.3 is 51.8 Å². The van der Waals surface area contributed by atoms with E-state index in [0.717, 1.165) is 12.8 Å². The lowest BCUT2D eigenvalue weighted by atomic mass is 10.1. The second-order valence-corrected chi connectivity index (χ2v) is 16.1. The standard InChI is InChI=1S/C33H68O12Si/c1-5-6-7-8-9-10-11-12-33(34)44-31-29-42-27-25-40-23-21-38-19-17-36-15-13-35-14-16-37-18-20-39-22-24-41-26-28-43-30-32-45-46(2,3)4/h5-32H2,1-4H3. The van der Waals surface area contributed by atoms with E-state index < -0.39 is 8.32 Å². The summed E-state index contributed by atoms with van der Waals surface area (Å²) < 4.78 is 60.1. The van der Waals surface area contributed by atoms with Gasteiger partial charge in [-0.15, -0.1) is 0 Å². The van der Waals surface area contributed by atoms with E-state index in [4.69, 9.17) is 51.8 Å². The zero-order valence-corrected chi connectivity index (χ0v) is 30.7. The summed E-state index contributed by atoms with van der Waals surface area (Å²) in [6.45, 7) is 18.8. The van der Waals surface area contributed by atoms with Crippen LogP contribution in [0.15, 0.2) is 0 Å². The molecule has 0 saturated carbocycles. The predicted octanol–water partition coefficient (Wildman–Crippen LogP) is 4.67. The van der Waals surface area contributed by atoms with Gasteiger partial charge in [-0.25, -0.2) is 0 Å². The van der Waals surface area contributed by atoms with E-state index in [1.54, 1.807) is 0 Å². The molecule has 13 heteroatoms. The molecule has 0 spiro atoms. The minimum atomic E-state index is -1.45. The first kappa shape index (κ1) is 45.3. The lowest BCUT2D eigenvalue weighted by Crippen LogP contribution is -2.27. The number of hydrogen-bond acceptors (Lipinski definition) is 12. The Bertz CT molecular complexity index is 610. The average Bonchev–Trinajstić information content (AvgIpc) is 3.02. The van der Waals surface area contributed by atoms with Gasteiger partial charge in [0.15, 0.2) is 8.32 Å². The van der Waals surface area contributed by atoms with Gasteiger partial charge >= 0.3 is 5.97 Å². The highest BCUT2D eigenvalue weighted by atomic mass is 28.4. The molecule has 46 heavy (non-hydrogen) atoms. The summed E-state index contributed by atoms with van der Waals surface area (Å²) in [6, 6.07) is 0. The highest BCUT2D eigenvalue weighted by Gasteiger charge is 2.13. The van der Waals surface area contributed by atoms with Crippen LogP contribution >= 0.6 is 0 Å². The van der Waals surface area contributed by atoms with E-state index in [1.807, 2.05) is 0 Å². The van der Waals surface area contributed by atoms with Crippen molar-refractivity contribution < 1.29 is 56.6 Å². The van der Waals surface area contributed by atoms with Crippen LogP contribution in [0, 0.1) is 0 Å². The van der Waals surface area contributed by atoms with E-state index in [2.05, 4.69) is 26.6 Å². The molecule has 0 radical (unpaired) electrons. The highest BCUT2D eigenvalue weighted by molar-refractivity contribution is 6.69. The van der Waals surface area contributed by atoms with Gasteiger partial charge in [-0.3, -0.25) is 4.79 Å². The van der Waals surface area contributed by atoms with Gasteiger partial charge in [-0.05, 0) is 26.1 Å². The van der Waals surface area contributed by atoms with Crippen molar-refractivity contribution in [3.8, 4) is 0 Å². The smallest absolute Gasteiger partial charge is 0.305 e. The molecule has 0 aromatic heterocycles. The Morgan fingerprint density at radius 1 is 0.391 bits per heavy atom. The molecule has 276 valence electrons. The van der Waals surface area contributed by atoms with Crippen molar-refractivity contribution in [1.82, 2.24) is 0 Å². The summed E-state index contributed by atoms with van der Waals surface area (Å²) in [7, 11) is -1.45. The van der Waals surface area contributed by atoms with Gasteiger partial charge in [0, 0.05) is 6.42 Å². The van der Waals surface area contributed by atoms with Crippen LogP contribution in [0.4, 0.5) is 0 Å². The second kappa shape index (κ2) is 37.1. The molecule has 0 unspecified atom stereocenters. The van der Waals surface area contributed by atoms with Crippen LogP contribution < -0.4 is 0 Å². The molecule has 0 aliphatic carbocycles. The zero-order chi connectivity index (χ0) is 33.7. The first-order valence-electron chi connectivity index (χ1n) is 17.4. The minimum Gasteiger partial charge on any atom is -0.463 e. The van der Waals surface area contributed by atoms with Crippen molar-refractivity contribution in [2.45, 2.75) is 77.9 Å². The van der Waals surface area contributed by atoms with Gasteiger partial charge in [0.2, 0.25) is 0 Å². The van der Waals surface area contributed by atoms with Gasteiger partial charge in [-0.1, -0.05) is 45.4 Å². The van der Waals surface area contributed by atoms with Crippen molar-refractivity contribution in [1.29, 1.82) is 0 Å². The van der Waals surface area contributed by atoms with Crippen LogP contribution in [-0.4, -0.2) is 146 Å². The van der Waals surface area contributed by atoms with Crippen molar-refractivity contribution in [3.05, 3.63) is 0 Å². The third-order valence-corrected chi connectivity index (χ3v) is 7.28. The summed E-state index contributed by atoms with van der Waals surface area (Å²) >= 11 is 0. The number of rotatable bonds is 39. The Morgan fingerprint density at radius 2 is 0.674 bits per heavy atom. The average molecular weight is 685 g/mol. The fourth-order valence-corrected chi connectivity index (χ4v) is 4.48. The molecule has 12 nitrogen and oxygen atoms in total. The maximum Gasteiger partial charge on any atom is 0.305 e. The fourth-order valence-electron chi connectivity index (χ4n) is 3.78. The first-order chi connectivity index (χ1) is 22.5. The van der Waals surface area contributed by atoms with Gasteiger partial charge in [-0.2, -0.15) is 0 Å².